The minimum absolute atomic E-state index is 0.0150. The topological polar surface area (TPSA) is 59.2 Å². The summed E-state index contributed by atoms with van der Waals surface area (Å²) in [6.45, 7) is 3.53. The molecule has 0 unspecified atom stereocenters. The van der Waals surface area contributed by atoms with Crippen molar-refractivity contribution < 1.29 is 4.79 Å². The molecule has 2 rings (SSSR count). The van der Waals surface area contributed by atoms with Crippen LogP contribution in [0.5, 0.6) is 0 Å². The van der Waals surface area contributed by atoms with E-state index < -0.39 is 0 Å². The highest BCUT2D eigenvalue weighted by Gasteiger charge is 2.23. The van der Waals surface area contributed by atoms with Crippen molar-refractivity contribution in [3.63, 3.8) is 0 Å². The first-order valence-electron chi connectivity index (χ1n) is 6.32. The molecule has 1 aliphatic carbocycles. The largest absolute Gasteiger partial charge is 0.382 e. The molecule has 18 heavy (non-hydrogen) atoms. The first kappa shape index (κ1) is 13.1. The smallest absolute Gasteiger partial charge is 0.255 e. The molecule has 1 saturated carbocycles. The van der Waals surface area contributed by atoms with E-state index in [1.165, 1.54) is 25.5 Å². The molecule has 5 heteroatoms. The van der Waals surface area contributed by atoms with Crippen LogP contribution in [0.1, 0.15) is 36.5 Å². The molecule has 1 aromatic heterocycles. The Labute approximate surface area is 112 Å². The Morgan fingerprint density at radius 2 is 2.33 bits per heavy atom. The maximum absolute atomic E-state index is 12.3. The quantitative estimate of drug-likeness (QED) is 0.912. The highest BCUT2D eigenvalue weighted by molar-refractivity contribution is 6.33. The first-order valence-corrected chi connectivity index (χ1v) is 6.70. The van der Waals surface area contributed by atoms with Crippen LogP contribution in [-0.4, -0.2) is 28.9 Å². The lowest BCUT2D eigenvalue weighted by molar-refractivity contribution is 0.0706. The van der Waals surface area contributed by atoms with Gasteiger partial charge in [0.25, 0.3) is 5.91 Å². The number of carbonyl (C=O) groups excluding carboxylic acids is 1. The third kappa shape index (κ3) is 2.75. The number of hydrogen-bond donors (Lipinski definition) is 1. The van der Waals surface area contributed by atoms with Gasteiger partial charge >= 0.3 is 0 Å². The molecule has 0 saturated heterocycles. The molecule has 1 aliphatic rings. The van der Waals surface area contributed by atoms with Crippen molar-refractivity contribution in [2.24, 2.45) is 5.92 Å². The van der Waals surface area contributed by atoms with Gasteiger partial charge in [-0.15, -0.1) is 0 Å². The molecule has 0 radical (unpaired) electrons. The number of nitrogens with zero attached hydrogens (tertiary/aromatic N) is 2. The minimum atomic E-state index is -0.0150. The van der Waals surface area contributed by atoms with Crippen molar-refractivity contribution in [3.8, 4) is 0 Å². The summed E-state index contributed by atoms with van der Waals surface area (Å²) in [7, 11) is 0. The number of carbonyl (C=O) groups is 1. The van der Waals surface area contributed by atoms with Crippen LogP contribution in [0.25, 0.3) is 0 Å². The van der Waals surface area contributed by atoms with E-state index in [0.29, 0.717) is 23.0 Å². The van der Waals surface area contributed by atoms with Crippen LogP contribution in [0.4, 0.5) is 5.82 Å². The van der Waals surface area contributed by atoms with Gasteiger partial charge in [-0.05, 0) is 31.7 Å². The van der Waals surface area contributed by atoms with E-state index in [1.54, 1.807) is 6.07 Å². The summed E-state index contributed by atoms with van der Waals surface area (Å²) in [6, 6.07) is 1.59. The van der Waals surface area contributed by atoms with Crippen LogP contribution >= 0.6 is 11.6 Å². The Morgan fingerprint density at radius 1 is 1.61 bits per heavy atom. The van der Waals surface area contributed by atoms with Crippen molar-refractivity contribution in [2.45, 2.75) is 26.2 Å². The normalized spacial score (nSPS) is 15.2. The van der Waals surface area contributed by atoms with Gasteiger partial charge in [-0.1, -0.05) is 18.0 Å². The Morgan fingerprint density at radius 3 is 2.83 bits per heavy atom. The number of halogens is 1. The van der Waals surface area contributed by atoms with E-state index in [4.69, 9.17) is 17.3 Å². The van der Waals surface area contributed by atoms with Crippen LogP contribution in [0, 0.1) is 5.92 Å². The van der Waals surface area contributed by atoms with Crippen molar-refractivity contribution in [1.82, 2.24) is 9.88 Å². The molecular formula is C13H18ClN3O. The molecule has 0 spiro atoms. The van der Waals surface area contributed by atoms with Crippen molar-refractivity contribution in [3.05, 3.63) is 22.8 Å². The average molecular weight is 268 g/mol. The predicted molar refractivity (Wildman–Crippen MR) is 72.6 cm³/mol. The highest BCUT2D eigenvalue weighted by Crippen LogP contribution is 2.27. The maximum atomic E-state index is 12.3. The number of rotatable bonds is 4. The second-order valence-electron chi connectivity index (χ2n) is 4.73. The van der Waals surface area contributed by atoms with Gasteiger partial charge in [0.05, 0.1) is 10.6 Å². The summed E-state index contributed by atoms with van der Waals surface area (Å²) in [6.07, 6.45) is 5.23. The fraction of sp³-hybridized carbons (Fsp3) is 0.538. The number of hydrogen-bond acceptors (Lipinski definition) is 3. The maximum Gasteiger partial charge on any atom is 0.255 e. The van der Waals surface area contributed by atoms with Gasteiger partial charge in [-0.2, -0.15) is 0 Å². The Kier molecular flexibility index (Phi) is 4.07. The van der Waals surface area contributed by atoms with Crippen LogP contribution in [0.15, 0.2) is 12.3 Å². The molecule has 1 aromatic rings. The summed E-state index contributed by atoms with van der Waals surface area (Å²) in [5.74, 6) is 0.903. The number of pyridine rings is 1. The van der Waals surface area contributed by atoms with E-state index >= 15 is 0 Å². The summed E-state index contributed by atoms with van der Waals surface area (Å²) < 4.78 is 0. The van der Waals surface area contributed by atoms with E-state index in [0.717, 1.165) is 6.54 Å². The van der Waals surface area contributed by atoms with Crippen LogP contribution in [0.3, 0.4) is 0 Å². The highest BCUT2D eigenvalue weighted by atomic mass is 35.5. The molecule has 1 fully saturated rings. The first-order chi connectivity index (χ1) is 8.61. The van der Waals surface area contributed by atoms with Gasteiger partial charge in [-0.25, -0.2) is 4.98 Å². The molecule has 1 amide bonds. The Hall–Kier alpha value is -1.29. The summed E-state index contributed by atoms with van der Waals surface area (Å²) in [4.78, 5) is 18.1. The number of nitrogens with two attached hydrogens (primary N) is 1. The third-order valence-corrected chi connectivity index (χ3v) is 3.79. The van der Waals surface area contributed by atoms with Gasteiger partial charge < -0.3 is 10.6 Å². The molecule has 2 N–H and O–H groups in total. The van der Waals surface area contributed by atoms with Crippen LogP contribution < -0.4 is 5.73 Å². The van der Waals surface area contributed by atoms with E-state index in [2.05, 4.69) is 4.98 Å². The average Bonchev–Trinajstić information content (AvgIpc) is 2.31. The number of amides is 1. The van der Waals surface area contributed by atoms with E-state index in [-0.39, 0.29) is 11.7 Å². The van der Waals surface area contributed by atoms with Crippen molar-refractivity contribution in [1.29, 1.82) is 0 Å². The molecule has 4 nitrogen and oxygen atoms in total. The summed E-state index contributed by atoms with van der Waals surface area (Å²) in [5.41, 5.74) is 6.05. The predicted octanol–water partition coefficient (Wildman–Crippen LogP) is 2.58. The van der Waals surface area contributed by atoms with Crippen molar-refractivity contribution >= 4 is 23.3 Å². The number of nitrogen functional groups attached to an aromatic ring is 1. The second-order valence-corrected chi connectivity index (χ2v) is 5.14. The molecule has 0 atom stereocenters. The van der Waals surface area contributed by atoms with Crippen LogP contribution in [0.2, 0.25) is 5.02 Å². The van der Waals surface area contributed by atoms with E-state index in [9.17, 15) is 4.79 Å². The second kappa shape index (κ2) is 5.57. The van der Waals surface area contributed by atoms with Gasteiger partial charge in [0, 0.05) is 19.3 Å². The lowest BCUT2D eigenvalue weighted by Crippen LogP contribution is -2.37. The van der Waals surface area contributed by atoms with Crippen LogP contribution in [-0.2, 0) is 0 Å². The minimum Gasteiger partial charge on any atom is -0.382 e. The molecule has 0 aromatic carbocycles. The Balaban J connectivity index is 2.09. The zero-order valence-electron chi connectivity index (χ0n) is 10.5. The van der Waals surface area contributed by atoms with Gasteiger partial charge in [0.1, 0.15) is 5.82 Å². The molecule has 1 heterocycles. The molecule has 0 aliphatic heterocycles. The summed E-state index contributed by atoms with van der Waals surface area (Å²) in [5, 5.41) is 0.334. The monoisotopic (exact) mass is 267 g/mol. The SMILES string of the molecule is CCN(CC1CCC1)C(=O)c1cnc(N)c(Cl)c1. The standard InChI is InChI=1S/C13H18ClN3O/c1-2-17(8-9-4-3-5-9)13(18)10-6-11(14)12(15)16-7-10/h6-7,9H,2-5,8H2,1H3,(H2,15,16). The zero-order chi connectivity index (χ0) is 13.1. The van der Waals surface area contributed by atoms with Gasteiger partial charge in [0.15, 0.2) is 0 Å². The molecule has 98 valence electrons. The molecular weight excluding hydrogens is 250 g/mol. The lowest BCUT2D eigenvalue weighted by atomic mass is 9.85. The summed E-state index contributed by atoms with van der Waals surface area (Å²) >= 11 is 5.89. The fourth-order valence-corrected chi connectivity index (χ4v) is 2.26. The van der Waals surface area contributed by atoms with Gasteiger partial charge in [-0.3, -0.25) is 4.79 Å². The molecule has 0 bridgehead atoms. The van der Waals surface area contributed by atoms with Gasteiger partial charge in [0.2, 0.25) is 0 Å². The van der Waals surface area contributed by atoms with E-state index in [1.807, 2.05) is 11.8 Å². The number of aromatic nitrogens is 1. The third-order valence-electron chi connectivity index (χ3n) is 3.49. The zero-order valence-corrected chi connectivity index (χ0v) is 11.3. The number of anilines is 1. The lowest BCUT2D eigenvalue weighted by Gasteiger charge is -2.31. The van der Waals surface area contributed by atoms with Crippen molar-refractivity contribution in [2.75, 3.05) is 18.8 Å². The Bertz CT molecular complexity index is 446. The fourth-order valence-electron chi connectivity index (χ4n) is 2.09.